The number of unbranched alkanes of at least 4 members (excludes halogenated alkanes) is 6. The smallest absolute Gasteiger partial charge is 0.313 e. The molecule has 0 aromatic heterocycles. The molecular weight excluding hydrogens is 492 g/mol. The first kappa shape index (κ1) is 27.6. The Bertz CT molecular complexity index is 1010. The summed E-state index contributed by atoms with van der Waals surface area (Å²) in [6.45, 7) is 11.2. The van der Waals surface area contributed by atoms with Gasteiger partial charge in [0.15, 0.2) is 5.60 Å². The largest absolute Gasteiger partial charge is 0.462 e. The van der Waals surface area contributed by atoms with Crippen molar-refractivity contribution in [2.45, 2.75) is 127 Å². The van der Waals surface area contributed by atoms with Gasteiger partial charge in [-0.25, -0.2) is 0 Å². The number of carbonyl (C=O) groups excluding carboxylic acids is 3. The van der Waals surface area contributed by atoms with Crippen LogP contribution >= 0.6 is 0 Å². The molecule has 0 amide bonds. The first-order valence-electron chi connectivity index (χ1n) is 14.3. The fraction of sp³-hybridized carbons (Fsp3) is 0.828. The van der Waals surface area contributed by atoms with Crippen molar-refractivity contribution in [1.29, 1.82) is 0 Å². The van der Waals surface area contributed by atoms with Crippen molar-refractivity contribution in [3.8, 4) is 0 Å². The average Bonchev–Trinajstić information content (AvgIpc) is 3.46. The molecule has 3 heterocycles. The molecule has 9 heteroatoms. The van der Waals surface area contributed by atoms with Crippen LogP contribution in [0.5, 0.6) is 0 Å². The second-order valence-corrected chi connectivity index (χ2v) is 12.4. The first-order chi connectivity index (χ1) is 18.0. The number of ether oxygens (including phenoxy) is 4. The Kier molecular flexibility index (Phi) is 6.97. The van der Waals surface area contributed by atoms with E-state index in [0.29, 0.717) is 12.0 Å². The van der Waals surface area contributed by atoms with Gasteiger partial charge in [-0.15, -0.1) is 0 Å². The summed E-state index contributed by atoms with van der Waals surface area (Å²) in [6, 6.07) is 0. The lowest BCUT2D eigenvalue weighted by Gasteiger charge is -2.57. The predicted octanol–water partition coefficient (Wildman–Crippen LogP) is 2.99. The van der Waals surface area contributed by atoms with E-state index in [9.17, 15) is 24.6 Å². The van der Waals surface area contributed by atoms with Crippen LogP contribution in [0.1, 0.15) is 85.5 Å². The molecule has 0 aromatic rings. The Morgan fingerprint density at radius 1 is 1.13 bits per heavy atom. The Morgan fingerprint density at radius 3 is 2.45 bits per heavy atom. The van der Waals surface area contributed by atoms with E-state index < -0.39 is 76.8 Å². The van der Waals surface area contributed by atoms with E-state index in [1.807, 2.05) is 0 Å². The fourth-order valence-electron chi connectivity index (χ4n) is 8.08. The summed E-state index contributed by atoms with van der Waals surface area (Å²) < 4.78 is 23.1. The van der Waals surface area contributed by atoms with Gasteiger partial charge in [0.05, 0.1) is 17.3 Å². The van der Waals surface area contributed by atoms with Crippen molar-refractivity contribution in [1.82, 2.24) is 0 Å². The molecule has 3 saturated heterocycles. The summed E-state index contributed by atoms with van der Waals surface area (Å²) in [7, 11) is 0. The molecule has 0 radical (unpaired) electrons. The van der Waals surface area contributed by atoms with Crippen LogP contribution in [0.3, 0.4) is 0 Å². The van der Waals surface area contributed by atoms with Crippen molar-refractivity contribution in [2.24, 2.45) is 23.2 Å². The highest BCUT2D eigenvalue weighted by Gasteiger charge is 2.93. The molecule has 0 aromatic carbocycles. The number of epoxide rings is 1. The second-order valence-electron chi connectivity index (χ2n) is 12.4. The lowest BCUT2D eigenvalue weighted by atomic mass is 9.50. The standard InChI is InChI=1S/C29H42O9/c1-6-7-8-9-10-11-12-13-18(30)35-16(4)17-14-28(38-25(17)32)23-24(37-23)29(34)20-19(15(2)3)21(36-26(20)33)22(31)27(28,29)5/h16-17,19-24,31,34H,2,6-14H2,1,3-5H3. The number of hydrogen-bond acceptors (Lipinski definition) is 9. The van der Waals surface area contributed by atoms with Crippen molar-refractivity contribution < 1.29 is 43.5 Å². The third kappa shape index (κ3) is 3.64. The normalized spacial score (nSPS) is 44.8. The van der Waals surface area contributed by atoms with Crippen LogP contribution in [-0.2, 0) is 33.3 Å². The fourth-order valence-corrected chi connectivity index (χ4v) is 8.08. The zero-order chi connectivity index (χ0) is 27.6. The summed E-state index contributed by atoms with van der Waals surface area (Å²) in [6.07, 6.45) is 3.58. The quantitative estimate of drug-likeness (QED) is 0.135. The molecule has 5 aliphatic rings. The molecule has 1 spiro atoms. The van der Waals surface area contributed by atoms with Gasteiger partial charge in [-0.05, 0) is 20.3 Å². The molecule has 2 saturated carbocycles. The zero-order valence-electron chi connectivity index (χ0n) is 22.9. The molecule has 2 aliphatic carbocycles. The Labute approximate surface area is 224 Å². The number of carbonyl (C=O) groups is 3. The highest BCUT2D eigenvalue weighted by molar-refractivity contribution is 5.81. The molecule has 11 unspecified atom stereocenters. The van der Waals surface area contributed by atoms with E-state index in [1.165, 1.54) is 25.7 Å². The van der Waals surface area contributed by atoms with E-state index in [1.54, 1.807) is 20.8 Å². The summed E-state index contributed by atoms with van der Waals surface area (Å²) in [5, 5.41) is 23.8. The number of esters is 3. The SMILES string of the molecule is C=C(C)C1C2OC(=O)C1C1(O)C3OC3C3(CC(C(C)OC(=O)CCCCCCCCC)C(=O)O3)C1(C)C2O. The topological polar surface area (TPSA) is 132 Å². The van der Waals surface area contributed by atoms with Crippen LogP contribution in [-0.4, -0.2) is 69.8 Å². The lowest BCUT2D eigenvalue weighted by molar-refractivity contribution is -0.272. The van der Waals surface area contributed by atoms with Crippen molar-refractivity contribution >= 4 is 17.9 Å². The lowest BCUT2D eigenvalue weighted by Crippen LogP contribution is -2.72. The third-order valence-corrected chi connectivity index (χ3v) is 10.2. The molecule has 38 heavy (non-hydrogen) atoms. The van der Waals surface area contributed by atoms with Gasteiger partial charge in [-0.3, -0.25) is 14.4 Å². The second kappa shape index (κ2) is 9.59. The summed E-state index contributed by atoms with van der Waals surface area (Å²) in [5.74, 6) is -3.86. The van der Waals surface area contributed by atoms with Crippen LogP contribution in [0.2, 0.25) is 0 Å². The van der Waals surface area contributed by atoms with E-state index in [2.05, 4.69) is 13.5 Å². The number of hydrogen-bond donors (Lipinski definition) is 2. The van der Waals surface area contributed by atoms with Crippen molar-refractivity contribution in [2.75, 3.05) is 0 Å². The van der Waals surface area contributed by atoms with Crippen LogP contribution in [0.4, 0.5) is 0 Å². The van der Waals surface area contributed by atoms with Gasteiger partial charge in [0.25, 0.3) is 0 Å². The van der Waals surface area contributed by atoms with Crippen LogP contribution in [0.25, 0.3) is 0 Å². The van der Waals surface area contributed by atoms with Crippen molar-refractivity contribution in [3.05, 3.63) is 12.2 Å². The monoisotopic (exact) mass is 534 g/mol. The van der Waals surface area contributed by atoms with Crippen LogP contribution < -0.4 is 0 Å². The summed E-state index contributed by atoms with van der Waals surface area (Å²) >= 11 is 0. The molecule has 5 fully saturated rings. The number of aliphatic hydroxyl groups is 2. The maximum Gasteiger partial charge on any atom is 0.313 e. The van der Waals surface area contributed by atoms with Gasteiger partial charge < -0.3 is 29.2 Å². The molecule has 11 atom stereocenters. The van der Waals surface area contributed by atoms with Gasteiger partial charge in [-0.1, -0.05) is 64.5 Å². The molecule has 2 bridgehead atoms. The maximum absolute atomic E-state index is 13.2. The van der Waals surface area contributed by atoms with Crippen molar-refractivity contribution in [3.63, 3.8) is 0 Å². The minimum absolute atomic E-state index is 0.0973. The van der Waals surface area contributed by atoms with E-state index >= 15 is 0 Å². The Hall–Kier alpha value is -1.97. The van der Waals surface area contributed by atoms with Crippen LogP contribution in [0, 0.1) is 23.2 Å². The minimum atomic E-state index is -1.81. The Balaban J connectivity index is 1.29. The predicted molar refractivity (Wildman–Crippen MR) is 134 cm³/mol. The maximum atomic E-state index is 13.2. The summed E-state index contributed by atoms with van der Waals surface area (Å²) in [5.41, 5.74) is -3.98. The molecular formula is C29H42O9. The van der Waals surface area contributed by atoms with Gasteiger partial charge >= 0.3 is 17.9 Å². The highest BCUT2D eigenvalue weighted by atomic mass is 16.7. The highest BCUT2D eigenvalue weighted by Crippen LogP contribution is 2.75. The zero-order valence-corrected chi connectivity index (χ0v) is 22.9. The van der Waals surface area contributed by atoms with E-state index in [0.717, 1.165) is 19.3 Å². The van der Waals surface area contributed by atoms with Gasteiger partial charge in [0.2, 0.25) is 0 Å². The number of rotatable bonds is 11. The van der Waals surface area contributed by atoms with Crippen LogP contribution in [0.15, 0.2) is 12.2 Å². The number of aliphatic hydroxyl groups excluding tert-OH is 1. The molecule has 212 valence electrons. The molecule has 9 nitrogen and oxygen atoms in total. The molecule has 2 N–H and O–H groups in total. The summed E-state index contributed by atoms with van der Waals surface area (Å²) in [4.78, 5) is 38.7. The first-order valence-corrected chi connectivity index (χ1v) is 14.3. The molecule has 3 aliphatic heterocycles. The average molecular weight is 535 g/mol. The van der Waals surface area contributed by atoms with Gasteiger partial charge in [0.1, 0.15) is 36.1 Å². The third-order valence-electron chi connectivity index (χ3n) is 10.2. The molecule has 5 rings (SSSR count). The van der Waals surface area contributed by atoms with E-state index in [4.69, 9.17) is 18.9 Å². The minimum Gasteiger partial charge on any atom is -0.462 e. The number of fused-ring (bicyclic) bond motifs is 8. The Morgan fingerprint density at radius 2 is 1.79 bits per heavy atom. The van der Waals surface area contributed by atoms with Gasteiger partial charge in [-0.2, -0.15) is 0 Å². The van der Waals surface area contributed by atoms with E-state index in [-0.39, 0.29) is 12.4 Å². The van der Waals surface area contributed by atoms with Gasteiger partial charge in [0, 0.05) is 18.8 Å².